The Balaban J connectivity index is 1.50. The Hall–Kier alpha value is -3.80. The van der Waals surface area contributed by atoms with Gasteiger partial charge < -0.3 is 19.4 Å². The summed E-state index contributed by atoms with van der Waals surface area (Å²) in [7, 11) is 3.25. The fourth-order valence-corrected chi connectivity index (χ4v) is 3.67. The number of nitrogens with zero attached hydrogens (tertiary/aromatic N) is 2. The summed E-state index contributed by atoms with van der Waals surface area (Å²) in [5.41, 5.74) is 8.29. The molecule has 30 heavy (non-hydrogen) atoms. The Labute approximate surface area is 173 Å². The molecule has 6 nitrogen and oxygen atoms in total. The second kappa shape index (κ2) is 6.91. The maximum Gasteiger partial charge on any atom is 0.163 e. The van der Waals surface area contributed by atoms with Gasteiger partial charge in [0.15, 0.2) is 11.5 Å². The first-order valence-electron chi connectivity index (χ1n) is 9.75. The van der Waals surface area contributed by atoms with E-state index in [0.717, 1.165) is 44.8 Å². The van der Waals surface area contributed by atoms with Crippen LogP contribution in [0.15, 0.2) is 48.5 Å². The van der Waals surface area contributed by atoms with Crippen LogP contribution < -0.4 is 9.47 Å². The quantitative estimate of drug-likeness (QED) is 0.425. The minimum Gasteiger partial charge on any atom is -0.493 e. The standard InChI is InChI=1S/C24H22N4O2/c1-13-9-17-18(10-14(13)2)26-23(25-17)15-5-7-16(8-6-15)24-27-19-11-21(29-3)22(30-4)12-20(19)28-24/h5-12H,1-4H3,(H,25,26)(H,27,28). The molecule has 0 atom stereocenters. The number of nitrogens with one attached hydrogen (secondary N) is 2. The van der Waals surface area contributed by atoms with E-state index >= 15 is 0 Å². The average molecular weight is 398 g/mol. The number of hydrogen-bond donors (Lipinski definition) is 2. The summed E-state index contributed by atoms with van der Waals surface area (Å²) in [6, 6.07) is 16.2. The zero-order valence-electron chi connectivity index (χ0n) is 17.3. The maximum absolute atomic E-state index is 5.38. The normalized spacial score (nSPS) is 11.3. The Bertz CT molecular complexity index is 1300. The SMILES string of the molecule is COc1cc2nc(-c3ccc(-c4nc5cc(C)c(C)cc5[nH]4)cc3)[nH]c2cc1OC. The van der Waals surface area contributed by atoms with Gasteiger partial charge in [0.1, 0.15) is 11.6 Å². The molecule has 6 heteroatoms. The highest BCUT2D eigenvalue weighted by atomic mass is 16.5. The van der Waals surface area contributed by atoms with Crippen LogP contribution in [0.2, 0.25) is 0 Å². The summed E-state index contributed by atoms with van der Waals surface area (Å²) in [5, 5.41) is 0. The second-order valence-electron chi connectivity index (χ2n) is 7.43. The third-order valence-corrected chi connectivity index (χ3v) is 5.52. The summed E-state index contributed by atoms with van der Waals surface area (Å²) in [4.78, 5) is 16.2. The fourth-order valence-electron chi connectivity index (χ4n) is 3.67. The highest BCUT2D eigenvalue weighted by Gasteiger charge is 2.12. The first-order valence-corrected chi connectivity index (χ1v) is 9.75. The summed E-state index contributed by atoms with van der Waals surface area (Å²) in [6.07, 6.45) is 0. The molecule has 0 aliphatic heterocycles. The van der Waals surface area contributed by atoms with E-state index in [1.165, 1.54) is 11.1 Å². The van der Waals surface area contributed by atoms with Crippen LogP contribution >= 0.6 is 0 Å². The van der Waals surface area contributed by atoms with E-state index in [1.807, 2.05) is 24.3 Å². The number of methoxy groups -OCH3 is 2. The van der Waals surface area contributed by atoms with Crippen molar-refractivity contribution in [1.29, 1.82) is 0 Å². The predicted octanol–water partition coefficient (Wildman–Crippen LogP) is 5.41. The zero-order valence-corrected chi connectivity index (χ0v) is 17.3. The van der Waals surface area contributed by atoms with Crippen LogP contribution in [-0.2, 0) is 0 Å². The lowest BCUT2D eigenvalue weighted by molar-refractivity contribution is 0.356. The number of benzene rings is 3. The van der Waals surface area contributed by atoms with Gasteiger partial charge in [0.05, 0.1) is 36.3 Å². The molecule has 0 aliphatic rings. The van der Waals surface area contributed by atoms with Gasteiger partial charge in [-0.25, -0.2) is 9.97 Å². The molecule has 2 aromatic heterocycles. The van der Waals surface area contributed by atoms with Gasteiger partial charge in [-0.2, -0.15) is 0 Å². The molecule has 0 radical (unpaired) electrons. The van der Waals surface area contributed by atoms with Crippen LogP contribution in [0.25, 0.3) is 44.8 Å². The monoisotopic (exact) mass is 398 g/mol. The number of hydrogen-bond acceptors (Lipinski definition) is 4. The minimum atomic E-state index is 0.661. The third-order valence-electron chi connectivity index (χ3n) is 5.52. The van der Waals surface area contributed by atoms with Crippen molar-refractivity contribution in [2.24, 2.45) is 0 Å². The number of aromatic nitrogens is 4. The number of fused-ring (bicyclic) bond motifs is 2. The smallest absolute Gasteiger partial charge is 0.163 e. The van der Waals surface area contributed by atoms with Gasteiger partial charge in [-0.05, 0) is 37.1 Å². The molecule has 0 saturated carbocycles. The molecule has 0 amide bonds. The number of imidazole rings is 2. The molecule has 0 saturated heterocycles. The molecule has 150 valence electrons. The lowest BCUT2D eigenvalue weighted by Gasteiger charge is -2.06. The minimum absolute atomic E-state index is 0.661. The molecule has 5 aromatic rings. The maximum atomic E-state index is 5.38. The van der Waals surface area contributed by atoms with Crippen LogP contribution in [0.1, 0.15) is 11.1 Å². The second-order valence-corrected chi connectivity index (χ2v) is 7.43. The van der Waals surface area contributed by atoms with Crippen molar-refractivity contribution in [3.8, 4) is 34.3 Å². The van der Waals surface area contributed by atoms with Gasteiger partial charge in [0.25, 0.3) is 0 Å². The van der Waals surface area contributed by atoms with Crippen molar-refractivity contribution in [3.63, 3.8) is 0 Å². The summed E-state index contributed by atoms with van der Waals surface area (Å²) in [6.45, 7) is 4.22. The largest absolute Gasteiger partial charge is 0.493 e. The number of aryl methyl sites for hydroxylation is 2. The van der Waals surface area contributed by atoms with E-state index in [2.05, 4.69) is 48.1 Å². The fraction of sp³-hybridized carbons (Fsp3) is 0.167. The molecule has 0 unspecified atom stereocenters. The molecule has 3 aromatic carbocycles. The molecule has 0 bridgehead atoms. The highest BCUT2D eigenvalue weighted by molar-refractivity contribution is 5.84. The molecule has 0 spiro atoms. The Morgan fingerprint density at radius 3 is 1.67 bits per heavy atom. The average Bonchev–Trinajstić information content (AvgIpc) is 3.36. The van der Waals surface area contributed by atoms with E-state index in [4.69, 9.17) is 19.4 Å². The third kappa shape index (κ3) is 2.97. The summed E-state index contributed by atoms with van der Waals surface area (Å²) in [5.74, 6) is 2.99. The van der Waals surface area contributed by atoms with E-state index in [0.29, 0.717) is 11.5 Å². The topological polar surface area (TPSA) is 75.8 Å². The number of H-pyrrole nitrogens is 2. The number of ether oxygens (including phenoxy) is 2. The summed E-state index contributed by atoms with van der Waals surface area (Å²) < 4.78 is 10.8. The first kappa shape index (κ1) is 18.2. The number of rotatable bonds is 4. The van der Waals surface area contributed by atoms with Crippen LogP contribution in [0.5, 0.6) is 11.5 Å². The Kier molecular flexibility index (Phi) is 4.20. The van der Waals surface area contributed by atoms with Gasteiger partial charge in [-0.15, -0.1) is 0 Å². The molecule has 2 N–H and O–H groups in total. The molecular formula is C24H22N4O2. The van der Waals surface area contributed by atoms with Crippen LogP contribution in [0.4, 0.5) is 0 Å². The molecule has 5 rings (SSSR count). The van der Waals surface area contributed by atoms with E-state index in [1.54, 1.807) is 14.2 Å². The van der Waals surface area contributed by atoms with E-state index in [-0.39, 0.29) is 0 Å². The zero-order chi connectivity index (χ0) is 20.8. The molecule has 0 aliphatic carbocycles. The van der Waals surface area contributed by atoms with Crippen molar-refractivity contribution < 1.29 is 9.47 Å². The predicted molar refractivity (Wildman–Crippen MR) is 119 cm³/mol. The molecule has 2 heterocycles. The van der Waals surface area contributed by atoms with Crippen molar-refractivity contribution >= 4 is 22.1 Å². The lowest BCUT2D eigenvalue weighted by Crippen LogP contribution is -1.89. The van der Waals surface area contributed by atoms with Crippen molar-refractivity contribution in [1.82, 2.24) is 19.9 Å². The molecule has 0 fully saturated rings. The highest BCUT2D eigenvalue weighted by Crippen LogP contribution is 2.33. The van der Waals surface area contributed by atoms with Crippen LogP contribution in [-0.4, -0.2) is 34.2 Å². The Morgan fingerprint density at radius 2 is 1.10 bits per heavy atom. The Morgan fingerprint density at radius 1 is 0.633 bits per heavy atom. The molecular weight excluding hydrogens is 376 g/mol. The summed E-state index contributed by atoms with van der Waals surface area (Å²) >= 11 is 0. The number of aromatic amines is 2. The van der Waals surface area contributed by atoms with Crippen molar-refractivity contribution in [2.75, 3.05) is 14.2 Å². The lowest BCUT2D eigenvalue weighted by atomic mass is 10.1. The van der Waals surface area contributed by atoms with E-state index in [9.17, 15) is 0 Å². The first-order chi connectivity index (χ1) is 14.6. The van der Waals surface area contributed by atoms with Gasteiger partial charge in [-0.3, -0.25) is 0 Å². The van der Waals surface area contributed by atoms with Crippen molar-refractivity contribution in [3.05, 3.63) is 59.7 Å². The van der Waals surface area contributed by atoms with Crippen molar-refractivity contribution in [2.45, 2.75) is 13.8 Å². The van der Waals surface area contributed by atoms with Crippen LogP contribution in [0.3, 0.4) is 0 Å². The van der Waals surface area contributed by atoms with Gasteiger partial charge in [0, 0.05) is 23.3 Å². The van der Waals surface area contributed by atoms with E-state index < -0.39 is 0 Å². The van der Waals surface area contributed by atoms with Gasteiger partial charge >= 0.3 is 0 Å². The van der Waals surface area contributed by atoms with Crippen LogP contribution in [0, 0.1) is 13.8 Å². The van der Waals surface area contributed by atoms with Gasteiger partial charge in [-0.1, -0.05) is 24.3 Å². The van der Waals surface area contributed by atoms with Gasteiger partial charge in [0.2, 0.25) is 0 Å².